The van der Waals surface area contributed by atoms with Crippen LogP contribution in [0, 0.1) is 11.8 Å². The van der Waals surface area contributed by atoms with Crippen LogP contribution in [0.2, 0.25) is 5.02 Å². The van der Waals surface area contributed by atoms with Crippen LogP contribution in [0.25, 0.3) is 0 Å². The van der Waals surface area contributed by atoms with E-state index in [2.05, 4.69) is 19.2 Å². The average molecular weight is 313 g/mol. The zero-order valence-corrected chi connectivity index (χ0v) is 13.7. The zero-order valence-electron chi connectivity index (χ0n) is 13.0. The lowest BCUT2D eigenvalue weighted by molar-refractivity contribution is -0.120. The molecule has 0 aliphatic rings. The third-order valence-corrected chi connectivity index (χ3v) is 3.31. The van der Waals surface area contributed by atoms with Crippen LogP contribution in [0.1, 0.15) is 33.6 Å². The van der Waals surface area contributed by atoms with Gasteiger partial charge in [-0.05, 0) is 37.0 Å². The predicted molar refractivity (Wildman–Crippen MR) is 87.9 cm³/mol. The Morgan fingerprint density at radius 2 is 2.14 bits per heavy atom. The summed E-state index contributed by atoms with van der Waals surface area (Å²) in [4.78, 5) is 12.3. The maximum absolute atomic E-state index is 12.3. The summed E-state index contributed by atoms with van der Waals surface area (Å²) in [6.45, 7) is 7.10. The van der Waals surface area contributed by atoms with E-state index in [0.29, 0.717) is 35.5 Å². The van der Waals surface area contributed by atoms with Crippen LogP contribution in [-0.2, 0) is 4.79 Å². The highest BCUT2D eigenvalue weighted by atomic mass is 35.5. The predicted octanol–water partition coefficient (Wildman–Crippen LogP) is 3.69. The Morgan fingerprint density at radius 3 is 2.71 bits per heavy atom. The molecule has 5 heteroatoms. The maximum atomic E-state index is 12.3. The Balaban J connectivity index is 2.84. The van der Waals surface area contributed by atoms with Gasteiger partial charge in [0.1, 0.15) is 5.75 Å². The number of carbonyl (C=O) groups is 1. The standard InChI is InChI=1S/C16H25ClN2O2/c1-4-7-21-15-6-5-13(17)9-14(15)19-16(20)12(10-18)8-11(2)3/h5-6,9,11-12H,4,7-8,10,18H2,1-3H3,(H,19,20). The number of rotatable bonds is 8. The lowest BCUT2D eigenvalue weighted by Crippen LogP contribution is -2.30. The molecule has 0 aromatic heterocycles. The summed E-state index contributed by atoms with van der Waals surface area (Å²) in [5.41, 5.74) is 6.31. The number of amides is 1. The van der Waals surface area contributed by atoms with E-state index in [-0.39, 0.29) is 11.8 Å². The number of hydrogen-bond acceptors (Lipinski definition) is 3. The molecule has 1 atom stereocenters. The maximum Gasteiger partial charge on any atom is 0.228 e. The van der Waals surface area contributed by atoms with E-state index in [1.807, 2.05) is 6.92 Å². The summed E-state index contributed by atoms with van der Waals surface area (Å²) in [6.07, 6.45) is 1.66. The van der Waals surface area contributed by atoms with E-state index in [1.54, 1.807) is 18.2 Å². The highest BCUT2D eigenvalue weighted by Crippen LogP contribution is 2.29. The molecule has 1 aromatic rings. The number of nitrogens with one attached hydrogen (secondary N) is 1. The van der Waals surface area contributed by atoms with Crippen molar-refractivity contribution in [2.75, 3.05) is 18.5 Å². The van der Waals surface area contributed by atoms with Gasteiger partial charge in [0.2, 0.25) is 5.91 Å². The van der Waals surface area contributed by atoms with Crippen LogP contribution >= 0.6 is 11.6 Å². The van der Waals surface area contributed by atoms with Crippen LogP contribution in [0.15, 0.2) is 18.2 Å². The smallest absolute Gasteiger partial charge is 0.228 e. The molecule has 1 amide bonds. The van der Waals surface area contributed by atoms with Gasteiger partial charge >= 0.3 is 0 Å². The lowest BCUT2D eigenvalue weighted by Gasteiger charge is -2.18. The number of anilines is 1. The molecule has 4 nitrogen and oxygen atoms in total. The van der Waals surface area contributed by atoms with Crippen LogP contribution in [-0.4, -0.2) is 19.1 Å². The number of nitrogens with two attached hydrogens (primary N) is 1. The lowest BCUT2D eigenvalue weighted by atomic mass is 9.96. The first-order valence-electron chi connectivity index (χ1n) is 7.41. The molecule has 3 N–H and O–H groups in total. The summed E-state index contributed by atoms with van der Waals surface area (Å²) in [7, 11) is 0. The molecule has 0 aliphatic carbocycles. The second kappa shape index (κ2) is 8.90. The van der Waals surface area contributed by atoms with Gasteiger partial charge in [-0.2, -0.15) is 0 Å². The van der Waals surface area contributed by atoms with Gasteiger partial charge in [-0.3, -0.25) is 4.79 Å². The molecule has 1 aromatic carbocycles. The van der Waals surface area contributed by atoms with Gasteiger partial charge in [-0.15, -0.1) is 0 Å². The Bertz CT molecular complexity index is 464. The van der Waals surface area contributed by atoms with E-state index in [9.17, 15) is 4.79 Å². The molecule has 1 rings (SSSR count). The summed E-state index contributed by atoms with van der Waals surface area (Å²) in [5, 5.41) is 3.45. The van der Waals surface area contributed by atoms with Crippen LogP contribution in [0.5, 0.6) is 5.75 Å². The SMILES string of the molecule is CCCOc1ccc(Cl)cc1NC(=O)C(CN)CC(C)C. The minimum Gasteiger partial charge on any atom is -0.491 e. The van der Waals surface area contributed by atoms with Crippen molar-refractivity contribution in [1.29, 1.82) is 0 Å². The first-order chi connectivity index (χ1) is 9.97. The van der Waals surface area contributed by atoms with Crippen LogP contribution in [0.3, 0.4) is 0 Å². The van der Waals surface area contributed by atoms with Gasteiger partial charge in [0.25, 0.3) is 0 Å². The van der Waals surface area contributed by atoms with E-state index in [1.165, 1.54) is 0 Å². The molecule has 0 fully saturated rings. The number of hydrogen-bond donors (Lipinski definition) is 2. The van der Waals surface area contributed by atoms with Gasteiger partial charge in [-0.25, -0.2) is 0 Å². The molecule has 0 saturated carbocycles. The average Bonchev–Trinajstić information content (AvgIpc) is 2.43. The topological polar surface area (TPSA) is 64.3 Å². The number of carbonyl (C=O) groups excluding carboxylic acids is 1. The van der Waals surface area contributed by atoms with E-state index in [0.717, 1.165) is 12.8 Å². The summed E-state index contributed by atoms with van der Waals surface area (Å²) < 4.78 is 5.63. The van der Waals surface area contributed by atoms with Gasteiger partial charge in [0.15, 0.2) is 0 Å². The van der Waals surface area contributed by atoms with Crippen molar-refractivity contribution in [1.82, 2.24) is 0 Å². The second-order valence-corrected chi connectivity index (χ2v) is 5.98. The molecule has 0 aliphatic heterocycles. The molecule has 0 bridgehead atoms. The monoisotopic (exact) mass is 312 g/mol. The Labute approximate surface area is 132 Å². The zero-order chi connectivity index (χ0) is 15.8. The summed E-state index contributed by atoms with van der Waals surface area (Å²) in [6, 6.07) is 5.22. The van der Waals surface area contributed by atoms with Gasteiger partial charge in [-0.1, -0.05) is 32.4 Å². The fourth-order valence-electron chi connectivity index (χ4n) is 2.05. The van der Waals surface area contributed by atoms with Gasteiger partial charge in [0.05, 0.1) is 18.2 Å². The molecular weight excluding hydrogens is 288 g/mol. The fraction of sp³-hybridized carbons (Fsp3) is 0.562. The van der Waals surface area contributed by atoms with Crippen molar-refractivity contribution in [2.24, 2.45) is 17.6 Å². The normalized spacial score (nSPS) is 12.3. The Morgan fingerprint density at radius 1 is 1.43 bits per heavy atom. The molecule has 0 radical (unpaired) electrons. The van der Waals surface area contributed by atoms with Gasteiger partial charge in [0, 0.05) is 11.6 Å². The van der Waals surface area contributed by atoms with E-state index < -0.39 is 0 Å². The summed E-state index contributed by atoms with van der Waals surface area (Å²) >= 11 is 6.00. The molecule has 118 valence electrons. The molecular formula is C16H25ClN2O2. The molecule has 0 heterocycles. The first-order valence-corrected chi connectivity index (χ1v) is 7.79. The third kappa shape index (κ3) is 5.94. The van der Waals surface area contributed by atoms with Crippen molar-refractivity contribution in [2.45, 2.75) is 33.6 Å². The van der Waals surface area contributed by atoms with Crippen LogP contribution < -0.4 is 15.8 Å². The number of halogens is 1. The number of ether oxygens (including phenoxy) is 1. The fourth-order valence-corrected chi connectivity index (χ4v) is 2.22. The molecule has 0 saturated heterocycles. The Kier molecular flexibility index (Phi) is 7.54. The Hall–Kier alpha value is -1.26. The molecule has 1 unspecified atom stereocenters. The first kappa shape index (κ1) is 17.8. The quantitative estimate of drug-likeness (QED) is 0.769. The molecule has 21 heavy (non-hydrogen) atoms. The largest absolute Gasteiger partial charge is 0.491 e. The van der Waals surface area contributed by atoms with Gasteiger partial charge < -0.3 is 15.8 Å². The number of benzene rings is 1. The van der Waals surface area contributed by atoms with Crippen molar-refractivity contribution in [3.63, 3.8) is 0 Å². The van der Waals surface area contributed by atoms with E-state index in [4.69, 9.17) is 22.1 Å². The third-order valence-electron chi connectivity index (χ3n) is 3.07. The minimum absolute atomic E-state index is 0.0881. The highest BCUT2D eigenvalue weighted by molar-refractivity contribution is 6.31. The summed E-state index contributed by atoms with van der Waals surface area (Å²) in [5.74, 6) is 0.757. The van der Waals surface area contributed by atoms with Crippen molar-refractivity contribution in [3.8, 4) is 5.75 Å². The van der Waals surface area contributed by atoms with E-state index >= 15 is 0 Å². The van der Waals surface area contributed by atoms with Crippen LogP contribution in [0.4, 0.5) is 5.69 Å². The molecule has 0 spiro atoms. The highest BCUT2D eigenvalue weighted by Gasteiger charge is 2.19. The minimum atomic E-state index is -0.206. The van der Waals surface area contributed by atoms with Crippen molar-refractivity contribution < 1.29 is 9.53 Å². The van der Waals surface area contributed by atoms with Crippen molar-refractivity contribution in [3.05, 3.63) is 23.2 Å². The second-order valence-electron chi connectivity index (χ2n) is 5.54. The van der Waals surface area contributed by atoms with Crippen molar-refractivity contribution >= 4 is 23.2 Å².